The van der Waals surface area contributed by atoms with Gasteiger partial charge >= 0.3 is 0 Å². The molecule has 0 fully saturated rings. The molecule has 0 unspecified atom stereocenters. The summed E-state index contributed by atoms with van der Waals surface area (Å²) >= 11 is 0. The molecule has 30 heavy (non-hydrogen) atoms. The standard InChI is InChI=1S/C22H24N4O4/c1-2-30-19-11-9-17(10-12-19)22(29)25-24-20(27)13-14-21(28)26(16-6-15-23)18-7-4-3-5-8-18/h3-5,7-12H,2,6,13-14,16H2,1H3,(H,24,27)(H,25,29). The van der Waals surface area contributed by atoms with E-state index in [1.807, 2.05) is 19.1 Å². The van der Waals surface area contributed by atoms with Gasteiger partial charge in [-0.2, -0.15) is 5.26 Å². The van der Waals surface area contributed by atoms with E-state index in [4.69, 9.17) is 10.00 Å². The highest BCUT2D eigenvalue weighted by Crippen LogP contribution is 2.15. The molecule has 2 N–H and O–H groups in total. The number of nitrogens with one attached hydrogen (secondary N) is 2. The summed E-state index contributed by atoms with van der Waals surface area (Å²) in [5, 5.41) is 8.82. The van der Waals surface area contributed by atoms with Crippen molar-refractivity contribution in [1.29, 1.82) is 5.26 Å². The molecule has 8 heteroatoms. The van der Waals surface area contributed by atoms with Crippen LogP contribution in [0, 0.1) is 11.3 Å². The smallest absolute Gasteiger partial charge is 0.269 e. The molecule has 0 atom stereocenters. The third-order valence-corrected chi connectivity index (χ3v) is 4.13. The van der Waals surface area contributed by atoms with Crippen molar-refractivity contribution in [3.8, 4) is 11.8 Å². The van der Waals surface area contributed by atoms with Crippen molar-refractivity contribution in [1.82, 2.24) is 10.9 Å². The molecular formula is C22H24N4O4. The monoisotopic (exact) mass is 408 g/mol. The Morgan fingerprint density at radius 1 is 1.00 bits per heavy atom. The fourth-order valence-corrected chi connectivity index (χ4v) is 2.65. The Morgan fingerprint density at radius 3 is 2.33 bits per heavy atom. The number of hydrogen-bond donors (Lipinski definition) is 2. The van der Waals surface area contributed by atoms with Gasteiger partial charge in [0, 0.05) is 30.6 Å². The summed E-state index contributed by atoms with van der Waals surface area (Å²) in [6.07, 6.45) is 0.0360. The zero-order valence-electron chi connectivity index (χ0n) is 16.8. The lowest BCUT2D eigenvalue weighted by Gasteiger charge is -2.21. The molecule has 2 aromatic rings. The molecule has 0 aromatic heterocycles. The van der Waals surface area contributed by atoms with Gasteiger partial charge < -0.3 is 9.64 Å². The van der Waals surface area contributed by atoms with Gasteiger partial charge in [-0.15, -0.1) is 0 Å². The predicted molar refractivity (Wildman–Crippen MR) is 111 cm³/mol. The highest BCUT2D eigenvalue weighted by molar-refractivity contribution is 5.97. The maximum atomic E-state index is 12.5. The minimum Gasteiger partial charge on any atom is -0.494 e. The first-order chi connectivity index (χ1) is 14.5. The molecule has 2 aromatic carbocycles. The van der Waals surface area contributed by atoms with Crippen LogP contribution in [-0.2, 0) is 9.59 Å². The van der Waals surface area contributed by atoms with Gasteiger partial charge in [-0.1, -0.05) is 18.2 Å². The van der Waals surface area contributed by atoms with Gasteiger partial charge in [-0.05, 0) is 43.3 Å². The highest BCUT2D eigenvalue weighted by atomic mass is 16.5. The van der Waals surface area contributed by atoms with Crippen LogP contribution in [0.25, 0.3) is 0 Å². The number of ether oxygens (including phenoxy) is 1. The van der Waals surface area contributed by atoms with Crippen molar-refractivity contribution in [3.05, 3.63) is 60.2 Å². The Labute approximate surface area is 175 Å². The van der Waals surface area contributed by atoms with E-state index >= 15 is 0 Å². The molecule has 0 saturated carbocycles. The fraction of sp³-hybridized carbons (Fsp3) is 0.273. The topological polar surface area (TPSA) is 112 Å². The lowest BCUT2D eigenvalue weighted by Crippen LogP contribution is -2.42. The summed E-state index contributed by atoms with van der Waals surface area (Å²) in [5.41, 5.74) is 5.66. The van der Waals surface area contributed by atoms with Crippen molar-refractivity contribution in [2.75, 3.05) is 18.1 Å². The molecule has 3 amide bonds. The number of nitrogens with zero attached hydrogens (tertiary/aromatic N) is 2. The molecule has 0 spiro atoms. The van der Waals surface area contributed by atoms with E-state index in [1.54, 1.807) is 48.5 Å². The van der Waals surface area contributed by atoms with Crippen molar-refractivity contribution in [2.24, 2.45) is 0 Å². The largest absolute Gasteiger partial charge is 0.494 e. The average Bonchev–Trinajstić information content (AvgIpc) is 2.77. The van der Waals surface area contributed by atoms with Gasteiger partial charge in [-0.3, -0.25) is 25.2 Å². The summed E-state index contributed by atoms with van der Waals surface area (Å²) in [7, 11) is 0. The van der Waals surface area contributed by atoms with Crippen LogP contribution in [0.3, 0.4) is 0 Å². The van der Waals surface area contributed by atoms with Crippen LogP contribution in [0.15, 0.2) is 54.6 Å². The normalized spacial score (nSPS) is 9.87. The number of hydrogen-bond acceptors (Lipinski definition) is 5. The number of nitriles is 1. The third kappa shape index (κ3) is 6.95. The van der Waals surface area contributed by atoms with Crippen LogP contribution in [0.2, 0.25) is 0 Å². The first-order valence-electron chi connectivity index (χ1n) is 9.59. The molecule has 2 rings (SSSR count). The second-order valence-corrected chi connectivity index (χ2v) is 6.25. The average molecular weight is 408 g/mol. The molecule has 156 valence electrons. The maximum Gasteiger partial charge on any atom is 0.269 e. The van der Waals surface area contributed by atoms with Crippen LogP contribution < -0.4 is 20.5 Å². The number of amides is 3. The third-order valence-electron chi connectivity index (χ3n) is 4.13. The highest BCUT2D eigenvalue weighted by Gasteiger charge is 2.17. The van der Waals surface area contributed by atoms with Crippen LogP contribution in [-0.4, -0.2) is 30.9 Å². The number of rotatable bonds is 9. The van der Waals surface area contributed by atoms with Gasteiger partial charge in [0.1, 0.15) is 5.75 Å². The van der Waals surface area contributed by atoms with Gasteiger partial charge in [-0.25, -0.2) is 0 Å². The van der Waals surface area contributed by atoms with E-state index in [0.717, 1.165) is 0 Å². The lowest BCUT2D eigenvalue weighted by molar-refractivity contribution is -0.125. The van der Waals surface area contributed by atoms with Gasteiger partial charge in [0.15, 0.2) is 0 Å². The van der Waals surface area contributed by atoms with Crippen molar-refractivity contribution < 1.29 is 19.1 Å². The maximum absolute atomic E-state index is 12.5. The minimum atomic E-state index is -0.490. The zero-order chi connectivity index (χ0) is 21.8. The predicted octanol–water partition coefficient (Wildman–Crippen LogP) is 2.57. The van der Waals surface area contributed by atoms with Crippen molar-refractivity contribution >= 4 is 23.4 Å². The molecule has 0 saturated heterocycles. The van der Waals surface area contributed by atoms with E-state index < -0.39 is 11.8 Å². The lowest BCUT2D eigenvalue weighted by atomic mass is 10.2. The fourth-order valence-electron chi connectivity index (χ4n) is 2.65. The Bertz CT molecular complexity index is 892. The minimum absolute atomic E-state index is 0.0505. The van der Waals surface area contributed by atoms with Crippen LogP contribution in [0.4, 0.5) is 5.69 Å². The van der Waals surface area contributed by atoms with Crippen LogP contribution >= 0.6 is 0 Å². The molecule has 0 aliphatic rings. The van der Waals surface area contributed by atoms with E-state index in [2.05, 4.69) is 10.9 Å². The molecule has 0 heterocycles. The molecule has 0 aliphatic carbocycles. The second-order valence-electron chi connectivity index (χ2n) is 6.25. The first-order valence-corrected chi connectivity index (χ1v) is 9.59. The molecule has 0 radical (unpaired) electrons. The molecular weight excluding hydrogens is 384 g/mol. The number of anilines is 1. The van der Waals surface area contributed by atoms with Gasteiger partial charge in [0.05, 0.1) is 19.1 Å². The Balaban J connectivity index is 1.83. The Morgan fingerprint density at radius 2 is 1.70 bits per heavy atom. The molecule has 0 bridgehead atoms. The number of carbonyl (C=O) groups is 3. The quantitative estimate of drug-likeness (QED) is 0.620. The molecule has 8 nitrogen and oxygen atoms in total. The summed E-state index contributed by atoms with van der Waals surface area (Å²) in [6, 6.07) is 17.5. The van der Waals surface area contributed by atoms with Crippen LogP contribution in [0.1, 0.15) is 36.5 Å². The summed E-state index contributed by atoms with van der Waals surface area (Å²) in [5.74, 6) is -0.589. The summed E-state index contributed by atoms with van der Waals surface area (Å²) in [6.45, 7) is 2.64. The summed E-state index contributed by atoms with van der Waals surface area (Å²) < 4.78 is 5.31. The van der Waals surface area contributed by atoms with E-state index in [0.29, 0.717) is 23.6 Å². The number of benzene rings is 2. The van der Waals surface area contributed by atoms with Gasteiger partial charge in [0.2, 0.25) is 11.8 Å². The second kappa shape index (κ2) is 11.9. The van der Waals surface area contributed by atoms with E-state index in [1.165, 1.54) is 4.90 Å². The first kappa shape index (κ1) is 22.4. The number of carbonyl (C=O) groups excluding carboxylic acids is 3. The Kier molecular flexibility index (Phi) is 8.87. The van der Waals surface area contributed by atoms with E-state index in [9.17, 15) is 14.4 Å². The van der Waals surface area contributed by atoms with Crippen molar-refractivity contribution in [2.45, 2.75) is 26.2 Å². The van der Waals surface area contributed by atoms with Crippen molar-refractivity contribution in [3.63, 3.8) is 0 Å². The van der Waals surface area contributed by atoms with Gasteiger partial charge in [0.25, 0.3) is 5.91 Å². The Hall–Kier alpha value is -3.86. The van der Waals surface area contributed by atoms with E-state index in [-0.39, 0.29) is 31.7 Å². The van der Waals surface area contributed by atoms with Crippen LogP contribution in [0.5, 0.6) is 5.75 Å². The zero-order valence-corrected chi connectivity index (χ0v) is 16.8. The SMILES string of the molecule is CCOc1ccc(C(=O)NNC(=O)CCC(=O)N(CCC#N)c2ccccc2)cc1. The number of para-hydroxylation sites is 1. The molecule has 0 aliphatic heterocycles. The summed E-state index contributed by atoms with van der Waals surface area (Å²) in [4.78, 5) is 38.1. The number of hydrazine groups is 1.